The van der Waals surface area contributed by atoms with Gasteiger partial charge in [0.25, 0.3) is 0 Å². The van der Waals surface area contributed by atoms with E-state index >= 15 is 0 Å². The molecular weight excluding hydrogens is 334 g/mol. The number of ether oxygens (including phenoxy) is 2. The van der Waals surface area contributed by atoms with Crippen LogP contribution in [0.3, 0.4) is 0 Å². The first kappa shape index (κ1) is 17.8. The molecule has 1 heterocycles. The van der Waals surface area contributed by atoms with Crippen LogP contribution in [-0.4, -0.2) is 31.1 Å². The van der Waals surface area contributed by atoms with Crippen LogP contribution in [0.4, 0.5) is 5.69 Å². The number of rotatable bonds is 4. The van der Waals surface area contributed by atoms with Crippen molar-refractivity contribution >= 4 is 23.4 Å². The molecular formula is C20H23NO3S. The summed E-state index contributed by atoms with van der Waals surface area (Å²) in [5.41, 5.74) is 1.87. The van der Waals surface area contributed by atoms with E-state index in [2.05, 4.69) is 19.9 Å². The van der Waals surface area contributed by atoms with Crippen molar-refractivity contribution in [1.29, 1.82) is 0 Å². The number of hydrogen-bond acceptors (Lipinski definition) is 4. The second kappa shape index (κ2) is 7.10. The van der Waals surface area contributed by atoms with Gasteiger partial charge in [-0.3, -0.25) is 9.69 Å². The molecule has 1 unspecified atom stereocenters. The van der Waals surface area contributed by atoms with Crippen LogP contribution in [-0.2, 0) is 16.0 Å². The Labute approximate surface area is 153 Å². The average Bonchev–Trinajstić information content (AvgIpc) is 2.60. The lowest BCUT2D eigenvalue weighted by molar-refractivity contribution is -0.121. The molecule has 0 fully saturated rings. The van der Waals surface area contributed by atoms with Gasteiger partial charge in [0.1, 0.15) is 5.75 Å². The molecule has 1 aliphatic rings. The van der Waals surface area contributed by atoms with E-state index in [0.29, 0.717) is 6.42 Å². The summed E-state index contributed by atoms with van der Waals surface area (Å²) in [6, 6.07) is 15.6. The molecule has 0 saturated carbocycles. The van der Waals surface area contributed by atoms with E-state index < -0.39 is 0 Å². The molecule has 0 aliphatic carbocycles. The average molecular weight is 357 g/mol. The zero-order valence-electron chi connectivity index (χ0n) is 15.0. The molecule has 25 heavy (non-hydrogen) atoms. The van der Waals surface area contributed by atoms with Gasteiger partial charge >= 0.3 is 0 Å². The fourth-order valence-electron chi connectivity index (χ4n) is 3.17. The third kappa shape index (κ3) is 3.53. The number of carbonyl (C=O) groups excluding carboxylic acids is 1. The van der Waals surface area contributed by atoms with Crippen molar-refractivity contribution in [3.8, 4) is 5.75 Å². The fraction of sp³-hybridized carbons (Fsp3) is 0.350. The lowest BCUT2D eigenvalue weighted by Gasteiger charge is -2.45. The maximum atomic E-state index is 13.1. The maximum absolute atomic E-state index is 13.1. The molecule has 1 atom stereocenters. The Balaban J connectivity index is 1.92. The predicted octanol–water partition coefficient (Wildman–Crippen LogP) is 4.13. The van der Waals surface area contributed by atoms with Gasteiger partial charge in [-0.25, -0.2) is 0 Å². The van der Waals surface area contributed by atoms with E-state index in [-0.39, 0.29) is 16.9 Å². The SMILES string of the molecule is COc1ccc(CC(=O)N2c3ccccc3SC(C)(C)C2OC)cc1. The predicted molar refractivity (Wildman–Crippen MR) is 101 cm³/mol. The number of anilines is 1. The Morgan fingerprint density at radius 2 is 1.80 bits per heavy atom. The number of hydrogen-bond donors (Lipinski definition) is 0. The molecule has 0 aromatic heterocycles. The number of thioether (sulfide) groups is 1. The Bertz CT molecular complexity index is 758. The minimum Gasteiger partial charge on any atom is -0.497 e. The summed E-state index contributed by atoms with van der Waals surface area (Å²) in [4.78, 5) is 16.0. The molecule has 0 radical (unpaired) electrons. The first-order valence-electron chi connectivity index (χ1n) is 8.22. The number of amides is 1. The van der Waals surface area contributed by atoms with E-state index in [1.807, 2.05) is 42.5 Å². The molecule has 3 rings (SSSR count). The Hall–Kier alpha value is -1.98. The van der Waals surface area contributed by atoms with Crippen LogP contribution >= 0.6 is 11.8 Å². The lowest BCUT2D eigenvalue weighted by atomic mass is 10.1. The van der Waals surface area contributed by atoms with Crippen LogP contribution in [0, 0.1) is 0 Å². The van der Waals surface area contributed by atoms with Crippen molar-refractivity contribution in [2.24, 2.45) is 0 Å². The Morgan fingerprint density at radius 3 is 2.44 bits per heavy atom. The minimum absolute atomic E-state index is 0.0258. The smallest absolute Gasteiger partial charge is 0.233 e. The molecule has 0 spiro atoms. The van der Waals surface area contributed by atoms with Crippen molar-refractivity contribution in [3.05, 3.63) is 54.1 Å². The number of methoxy groups -OCH3 is 2. The largest absolute Gasteiger partial charge is 0.497 e. The molecule has 132 valence electrons. The molecule has 5 heteroatoms. The zero-order valence-corrected chi connectivity index (χ0v) is 15.8. The number of nitrogens with zero attached hydrogens (tertiary/aromatic N) is 1. The highest BCUT2D eigenvalue weighted by Crippen LogP contribution is 2.48. The quantitative estimate of drug-likeness (QED) is 0.825. The topological polar surface area (TPSA) is 38.8 Å². The first-order valence-corrected chi connectivity index (χ1v) is 9.04. The Morgan fingerprint density at radius 1 is 1.12 bits per heavy atom. The van der Waals surface area contributed by atoms with Gasteiger partial charge in [-0.2, -0.15) is 0 Å². The fourth-order valence-corrected chi connectivity index (χ4v) is 4.46. The van der Waals surface area contributed by atoms with Gasteiger partial charge in [0, 0.05) is 12.0 Å². The number of para-hydroxylation sites is 1. The standard InChI is InChI=1S/C20H23NO3S/c1-20(2)19(24-4)21(16-7-5-6-8-17(16)25-20)18(22)13-14-9-11-15(23-3)12-10-14/h5-12,19H,13H2,1-4H3. The summed E-state index contributed by atoms with van der Waals surface area (Å²) in [6.07, 6.45) is -0.00277. The molecule has 2 aromatic rings. The lowest BCUT2D eigenvalue weighted by Crippen LogP contribution is -2.54. The van der Waals surface area contributed by atoms with Crippen LogP contribution in [0.25, 0.3) is 0 Å². The number of carbonyl (C=O) groups is 1. The molecule has 0 saturated heterocycles. The zero-order chi connectivity index (χ0) is 18.0. The van der Waals surface area contributed by atoms with Crippen LogP contribution in [0.15, 0.2) is 53.4 Å². The first-order chi connectivity index (χ1) is 12.0. The van der Waals surface area contributed by atoms with Crippen LogP contribution in [0.2, 0.25) is 0 Å². The minimum atomic E-state index is -0.321. The summed E-state index contributed by atoms with van der Waals surface area (Å²) >= 11 is 1.74. The number of fused-ring (bicyclic) bond motifs is 1. The van der Waals surface area contributed by atoms with Crippen LogP contribution in [0.5, 0.6) is 5.75 Å². The van der Waals surface area contributed by atoms with Crippen molar-refractivity contribution < 1.29 is 14.3 Å². The summed E-state index contributed by atoms with van der Waals surface area (Å²) in [5.74, 6) is 0.810. The van der Waals surface area contributed by atoms with E-state index in [4.69, 9.17) is 9.47 Å². The highest BCUT2D eigenvalue weighted by Gasteiger charge is 2.43. The van der Waals surface area contributed by atoms with Crippen molar-refractivity contribution in [2.75, 3.05) is 19.1 Å². The van der Waals surface area contributed by atoms with Gasteiger partial charge in [0.2, 0.25) is 5.91 Å². The molecule has 1 amide bonds. The molecule has 0 bridgehead atoms. The van der Waals surface area contributed by atoms with E-state index in [1.165, 1.54) is 0 Å². The van der Waals surface area contributed by atoms with Crippen molar-refractivity contribution in [3.63, 3.8) is 0 Å². The van der Waals surface area contributed by atoms with Gasteiger partial charge in [-0.15, -0.1) is 11.8 Å². The summed E-state index contributed by atoms with van der Waals surface area (Å²) < 4.78 is 10.7. The number of benzene rings is 2. The summed E-state index contributed by atoms with van der Waals surface area (Å²) in [6.45, 7) is 4.21. The van der Waals surface area contributed by atoms with E-state index in [1.54, 1.807) is 30.9 Å². The third-order valence-corrected chi connectivity index (χ3v) is 5.63. The molecule has 2 aromatic carbocycles. The second-order valence-corrected chi connectivity index (χ2v) is 8.25. The van der Waals surface area contributed by atoms with Crippen LogP contribution in [0.1, 0.15) is 19.4 Å². The van der Waals surface area contributed by atoms with Gasteiger partial charge in [-0.1, -0.05) is 24.3 Å². The summed E-state index contributed by atoms with van der Waals surface area (Å²) in [7, 11) is 3.29. The maximum Gasteiger partial charge on any atom is 0.233 e. The van der Waals surface area contributed by atoms with E-state index in [9.17, 15) is 4.79 Å². The highest BCUT2D eigenvalue weighted by molar-refractivity contribution is 8.01. The third-order valence-electron chi connectivity index (χ3n) is 4.33. The van der Waals surface area contributed by atoms with Gasteiger partial charge in [0.05, 0.1) is 24.0 Å². The van der Waals surface area contributed by atoms with E-state index in [0.717, 1.165) is 21.9 Å². The Kier molecular flexibility index (Phi) is 5.06. The van der Waals surface area contributed by atoms with Crippen LogP contribution < -0.4 is 9.64 Å². The monoisotopic (exact) mass is 357 g/mol. The normalized spacial score (nSPS) is 18.6. The van der Waals surface area contributed by atoms with Gasteiger partial charge < -0.3 is 9.47 Å². The van der Waals surface area contributed by atoms with Crippen molar-refractivity contribution in [1.82, 2.24) is 0 Å². The van der Waals surface area contributed by atoms with Crippen molar-refractivity contribution in [2.45, 2.75) is 36.1 Å². The second-order valence-electron chi connectivity index (χ2n) is 6.55. The molecule has 4 nitrogen and oxygen atoms in total. The summed E-state index contributed by atoms with van der Waals surface area (Å²) in [5, 5.41) is 0. The van der Waals surface area contributed by atoms with Gasteiger partial charge in [-0.05, 0) is 43.7 Å². The molecule has 0 N–H and O–H groups in total. The highest BCUT2D eigenvalue weighted by atomic mass is 32.2. The molecule has 1 aliphatic heterocycles. The van der Waals surface area contributed by atoms with Gasteiger partial charge in [0.15, 0.2) is 6.23 Å².